The highest BCUT2D eigenvalue weighted by Gasteiger charge is 2.16. The summed E-state index contributed by atoms with van der Waals surface area (Å²) in [5.74, 6) is 0.0789. The normalized spacial score (nSPS) is 11.3. The number of hydrogen-bond acceptors (Lipinski definition) is 5. The number of pyridine rings is 3. The quantitative estimate of drug-likeness (QED) is 0.387. The standard InChI is InChI=1S/C25H17FN6O/c1-33-17-7-14(6-16(26)9-17)20-12-27-13-23-18(20)10-22(30-23)24-19-8-15(11-29-25(19)32-31-24)21-4-2-3-5-28-21/h2-13,30H,1H3,(H,29,31,32). The molecule has 0 radical (unpaired) electrons. The fraction of sp³-hybridized carbons (Fsp3) is 0.0400. The zero-order valence-corrected chi connectivity index (χ0v) is 17.5. The number of methoxy groups -OCH3 is 1. The fourth-order valence-corrected chi connectivity index (χ4v) is 4.03. The molecule has 0 fully saturated rings. The molecule has 0 saturated carbocycles. The van der Waals surface area contributed by atoms with Gasteiger partial charge in [0.05, 0.1) is 35.9 Å². The van der Waals surface area contributed by atoms with Crippen molar-refractivity contribution in [3.8, 4) is 39.5 Å². The molecule has 0 spiro atoms. The van der Waals surface area contributed by atoms with Gasteiger partial charge < -0.3 is 9.72 Å². The predicted octanol–water partition coefficient (Wildman–Crippen LogP) is 5.38. The van der Waals surface area contributed by atoms with Crippen molar-refractivity contribution in [2.45, 2.75) is 0 Å². The Bertz CT molecular complexity index is 1620. The van der Waals surface area contributed by atoms with E-state index >= 15 is 0 Å². The van der Waals surface area contributed by atoms with Crippen LogP contribution in [0.25, 0.3) is 55.7 Å². The number of H-pyrrole nitrogens is 2. The molecule has 0 bridgehead atoms. The molecule has 0 aliphatic carbocycles. The summed E-state index contributed by atoms with van der Waals surface area (Å²) < 4.78 is 19.4. The Labute approximate surface area is 187 Å². The van der Waals surface area contributed by atoms with Gasteiger partial charge >= 0.3 is 0 Å². The molecule has 33 heavy (non-hydrogen) atoms. The van der Waals surface area contributed by atoms with Gasteiger partial charge in [0.25, 0.3) is 0 Å². The van der Waals surface area contributed by atoms with Crippen molar-refractivity contribution < 1.29 is 9.13 Å². The minimum atomic E-state index is -0.371. The Kier molecular flexibility index (Phi) is 4.36. The van der Waals surface area contributed by atoms with E-state index in [9.17, 15) is 4.39 Å². The SMILES string of the molecule is COc1cc(F)cc(-c2cncc3[nH]c(-c4[nH]nc5ncc(-c6ccccn6)cc45)cc23)c1. The average Bonchev–Trinajstić information content (AvgIpc) is 3.47. The molecule has 0 atom stereocenters. The minimum absolute atomic E-state index is 0.371. The Morgan fingerprint density at radius 1 is 0.909 bits per heavy atom. The Morgan fingerprint density at radius 2 is 1.85 bits per heavy atom. The fourth-order valence-electron chi connectivity index (χ4n) is 4.03. The van der Waals surface area contributed by atoms with Crippen LogP contribution >= 0.6 is 0 Å². The van der Waals surface area contributed by atoms with Gasteiger partial charge in [-0.25, -0.2) is 9.37 Å². The number of benzene rings is 1. The maximum Gasteiger partial charge on any atom is 0.181 e. The Morgan fingerprint density at radius 3 is 2.70 bits per heavy atom. The van der Waals surface area contributed by atoms with Gasteiger partial charge in [-0.3, -0.25) is 15.1 Å². The third-order valence-corrected chi connectivity index (χ3v) is 5.60. The van der Waals surface area contributed by atoms with Gasteiger partial charge in [-0.05, 0) is 42.0 Å². The number of aromatic nitrogens is 6. The van der Waals surface area contributed by atoms with Crippen LogP contribution in [0.3, 0.4) is 0 Å². The summed E-state index contributed by atoms with van der Waals surface area (Å²) in [6, 6.07) is 14.4. The van der Waals surface area contributed by atoms with E-state index in [-0.39, 0.29) is 5.82 Å². The molecule has 6 rings (SSSR count). The van der Waals surface area contributed by atoms with Crippen LogP contribution in [0.15, 0.2) is 73.3 Å². The van der Waals surface area contributed by atoms with E-state index in [0.29, 0.717) is 17.0 Å². The van der Waals surface area contributed by atoms with Crippen molar-refractivity contribution in [2.24, 2.45) is 0 Å². The van der Waals surface area contributed by atoms with Gasteiger partial charge in [-0.15, -0.1) is 0 Å². The summed E-state index contributed by atoms with van der Waals surface area (Å²) in [5.41, 5.74) is 6.27. The number of rotatable bonds is 4. The van der Waals surface area contributed by atoms with Crippen LogP contribution in [0, 0.1) is 5.82 Å². The van der Waals surface area contributed by atoms with Crippen LogP contribution < -0.4 is 4.74 Å². The topological polar surface area (TPSA) is 92.4 Å². The van der Waals surface area contributed by atoms with E-state index in [1.807, 2.05) is 30.3 Å². The van der Waals surface area contributed by atoms with Crippen molar-refractivity contribution in [2.75, 3.05) is 7.11 Å². The number of nitrogens with zero attached hydrogens (tertiary/aromatic N) is 4. The number of halogens is 1. The number of hydrogen-bond donors (Lipinski definition) is 2. The lowest BCUT2D eigenvalue weighted by Gasteiger charge is -2.06. The highest BCUT2D eigenvalue weighted by atomic mass is 19.1. The molecule has 5 aromatic heterocycles. The summed E-state index contributed by atoms with van der Waals surface area (Å²) in [7, 11) is 1.52. The zero-order chi connectivity index (χ0) is 22.4. The molecule has 160 valence electrons. The van der Waals surface area contributed by atoms with Crippen LogP contribution in [-0.2, 0) is 0 Å². The summed E-state index contributed by atoms with van der Waals surface area (Å²) >= 11 is 0. The van der Waals surface area contributed by atoms with Crippen molar-refractivity contribution in [1.82, 2.24) is 30.1 Å². The lowest BCUT2D eigenvalue weighted by molar-refractivity contribution is 0.411. The predicted molar refractivity (Wildman–Crippen MR) is 124 cm³/mol. The molecule has 0 amide bonds. The van der Waals surface area contributed by atoms with Crippen LogP contribution in [-0.4, -0.2) is 37.2 Å². The van der Waals surface area contributed by atoms with Crippen LogP contribution in [0.2, 0.25) is 0 Å². The van der Waals surface area contributed by atoms with Gasteiger partial charge in [0.15, 0.2) is 5.65 Å². The molecule has 7 nitrogen and oxygen atoms in total. The van der Waals surface area contributed by atoms with E-state index in [0.717, 1.165) is 44.5 Å². The Hall–Kier alpha value is -4.59. The highest BCUT2D eigenvalue weighted by molar-refractivity contribution is 6.00. The van der Waals surface area contributed by atoms with Crippen molar-refractivity contribution in [3.63, 3.8) is 0 Å². The molecular weight excluding hydrogens is 419 g/mol. The van der Waals surface area contributed by atoms with Gasteiger partial charge in [0, 0.05) is 46.6 Å². The first-order valence-electron chi connectivity index (χ1n) is 10.3. The molecule has 8 heteroatoms. The monoisotopic (exact) mass is 436 g/mol. The van der Waals surface area contributed by atoms with Gasteiger partial charge in [0.2, 0.25) is 0 Å². The maximum absolute atomic E-state index is 14.1. The van der Waals surface area contributed by atoms with Crippen LogP contribution in [0.1, 0.15) is 0 Å². The molecular formula is C25H17FN6O. The number of ether oxygens (including phenoxy) is 1. The molecule has 0 aliphatic rings. The maximum atomic E-state index is 14.1. The van der Waals surface area contributed by atoms with E-state index in [2.05, 4.69) is 30.1 Å². The lowest BCUT2D eigenvalue weighted by atomic mass is 10.0. The van der Waals surface area contributed by atoms with Crippen molar-refractivity contribution in [1.29, 1.82) is 0 Å². The second-order valence-corrected chi connectivity index (χ2v) is 7.62. The molecule has 0 unspecified atom stereocenters. The molecule has 5 heterocycles. The molecule has 6 aromatic rings. The van der Waals surface area contributed by atoms with Gasteiger partial charge in [-0.1, -0.05) is 6.07 Å². The van der Waals surface area contributed by atoms with Crippen molar-refractivity contribution >= 4 is 21.9 Å². The average molecular weight is 436 g/mol. The summed E-state index contributed by atoms with van der Waals surface area (Å²) in [4.78, 5) is 16.6. The largest absolute Gasteiger partial charge is 0.497 e. The highest BCUT2D eigenvalue weighted by Crippen LogP contribution is 2.35. The second kappa shape index (κ2) is 7.52. The smallest absolute Gasteiger partial charge is 0.181 e. The lowest BCUT2D eigenvalue weighted by Crippen LogP contribution is -1.88. The van der Waals surface area contributed by atoms with Gasteiger partial charge in [-0.2, -0.15) is 5.10 Å². The molecule has 2 N–H and O–H groups in total. The third-order valence-electron chi connectivity index (χ3n) is 5.60. The molecule has 0 saturated heterocycles. The number of fused-ring (bicyclic) bond motifs is 2. The third kappa shape index (κ3) is 3.28. The molecule has 1 aromatic carbocycles. The summed E-state index contributed by atoms with van der Waals surface area (Å²) in [6.07, 6.45) is 6.98. The first-order chi connectivity index (χ1) is 16.2. The first kappa shape index (κ1) is 19.1. The minimum Gasteiger partial charge on any atom is -0.497 e. The van der Waals surface area contributed by atoms with E-state index in [1.165, 1.54) is 19.2 Å². The van der Waals surface area contributed by atoms with E-state index in [1.54, 1.807) is 30.9 Å². The summed E-state index contributed by atoms with van der Waals surface area (Å²) in [6.45, 7) is 0. The number of aromatic amines is 2. The van der Waals surface area contributed by atoms with Gasteiger partial charge in [0.1, 0.15) is 11.6 Å². The van der Waals surface area contributed by atoms with Crippen LogP contribution in [0.4, 0.5) is 4.39 Å². The molecule has 0 aliphatic heterocycles. The van der Waals surface area contributed by atoms with E-state index < -0.39 is 0 Å². The van der Waals surface area contributed by atoms with E-state index in [4.69, 9.17) is 4.74 Å². The second-order valence-electron chi connectivity index (χ2n) is 7.62. The first-order valence-corrected chi connectivity index (χ1v) is 10.3. The Balaban J connectivity index is 1.50. The van der Waals surface area contributed by atoms with Crippen LogP contribution in [0.5, 0.6) is 5.75 Å². The summed E-state index contributed by atoms with van der Waals surface area (Å²) in [5, 5.41) is 9.22. The zero-order valence-electron chi connectivity index (χ0n) is 17.5. The number of nitrogens with one attached hydrogen (secondary N) is 2. The van der Waals surface area contributed by atoms with Crippen molar-refractivity contribution in [3.05, 3.63) is 79.1 Å².